The van der Waals surface area contributed by atoms with Crippen LogP contribution < -0.4 is 11.3 Å². The Bertz CT molecular complexity index is 175. The third-order valence-electron chi connectivity index (χ3n) is 3.87. The Morgan fingerprint density at radius 2 is 2.06 bits per heavy atom. The van der Waals surface area contributed by atoms with Crippen molar-refractivity contribution in [3.63, 3.8) is 0 Å². The van der Waals surface area contributed by atoms with Gasteiger partial charge in [-0.25, -0.2) is 0 Å². The molecular formula is C13H28N2O. The summed E-state index contributed by atoms with van der Waals surface area (Å²) in [6.45, 7) is 6.05. The molecule has 0 aromatic carbocycles. The van der Waals surface area contributed by atoms with E-state index in [4.69, 9.17) is 10.6 Å². The Morgan fingerprint density at radius 1 is 1.31 bits per heavy atom. The molecule has 1 fully saturated rings. The van der Waals surface area contributed by atoms with Crippen LogP contribution in [0, 0.1) is 11.8 Å². The maximum Gasteiger partial charge on any atom is 0.0635 e. The van der Waals surface area contributed by atoms with Gasteiger partial charge in [0.25, 0.3) is 0 Å². The molecule has 16 heavy (non-hydrogen) atoms. The minimum absolute atomic E-state index is 0.344. The molecule has 3 nitrogen and oxygen atoms in total. The highest BCUT2D eigenvalue weighted by Crippen LogP contribution is 2.34. The molecule has 3 heteroatoms. The molecule has 0 radical (unpaired) electrons. The summed E-state index contributed by atoms with van der Waals surface area (Å²) in [6.07, 6.45) is 7.78. The number of nitrogens with two attached hydrogens (primary N) is 1. The summed E-state index contributed by atoms with van der Waals surface area (Å²) in [4.78, 5) is 0. The van der Waals surface area contributed by atoms with Crippen LogP contribution >= 0.6 is 0 Å². The Labute approximate surface area is 100 Å². The summed E-state index contributed by atoms with van der Waals surface area (Å²) in [6, 6.07) is 0.344. The molecule has 3 unspecified atom stereocenters. The van der Waals surface area contributed by atoms with Gasteiger partial charge >= 0.3 is 0 Å². The minimum atomic E-state index is 0.344. The van der Waals surface area contributed by atoms with Crippen molar-refractivity contribution in [1.29, 1.82) is 0 Å². The van der Waals surface area contributed by atoms with Crippen LogP contribution in [0.3, 0.4) is 0 Å². The second-order valence-corrected chi connectivity index (χ2v) is 4.96. The van der Waals surface area contributed by atoms with E-state index in [1.807, 2.05) is 0 Å². The van der Waals surface area contributed by atoms with Gasteiger partial charge < -0.3 is 4.74 Å². The maximum absolute atomic E-state index is 5.67. The highest BCUT2D eigenvalue weighted by molar-refractivity contribution is 4.83. The molecule has 0 bridgehead atoms. The Balaban J connectivity index is 2.41. The number of ether oxygens (including phenoxy) is 1. The van der Waals surface area contributed by atoms with Gasteiger partial charge in [-0.15, -0.1) is 0 Å². The van der Waals surface area contributed by atoms with Crippen LogP contribution in [0.25, 0.3) is 0 Å². The highest BCUT2D eigenvalue weighted by atomic mass is 16.5. The number of nitrogens with one attached hydrogen (secondary N) is 1. The van der Waals surface area contributed by atoms with Crippen LogP contribution in [-0.2, 0) is 4.74 Å². The molecule has 3 atom stereocenters. The van der Waals surface area contributed by atoms with Gasteiger partial charge in [0.15, 0.2) is 0 Å². The van der Waals surface area contributed by atoms with Crippen molar-refractivity contribution >= 4 is 0 Å². The van der Waals surface area contributed by atoms with Gasteiger partial charge in [0.2, 0.25) is 0 Å². The number of rotatable bonds is 7. The van der Waals surface area contributed by atoms with Crippen molar-refractivity contribution in [2.75, 3.05) is 13.2 Å². The van der Waals surface area contributed by atoms with Crippen molar-refractivity contribution in [3.05, 3.63) is 0 Å². The topological polar surface area (TPSA) is 47.3 Å². The Hall–Kier alpha value is -0.120. The quantitative estimate of drug-likeness (QED) is 0.400. The molecule has 96 valence electrons. The van der Waals surface area contributed by atoms with Crippen LogP contribution in [0.15, 0.2) is 0 Å². The zero-order valence-corrected chi connectivity index (χ0v) is 10.9. The van der Waals surface area contributed by atoms with E-state index in [0.717, 1.165) is 25.6 Å². The second kappa shape index (κ2) is 8.04. The molecule has 1 rings (SSSR count). The molecule has 0 spiro atoms. The van der Waals surface area contributed by atoms with Crippen LogP contribution in [0.5, 0.6) is 0 Å². The van der Waals surface area contributed by atoms with Crippen molar-refractivity contribution < 1.29 is 4.74 Å². The van der Waals surface area contributed by atoms with Gasteiger partial charge in [0.1, 0.15) is 0 Å². The van der Waals surface area contributed by atoms with Crippen molar-refractivity contribution in [3.8, 4) is 0 Å². The van der Waals surface area contributed by atoms with E-state index < -0.39 is 0 Å². The van der Waals surface area contributed by atoms with Crippen molar-refractivity contribution in [1.82, 2.24) is 5.43 Å². The van der Waals surface area contributed by atoms with E-state index in [1.165, 1.54) is 32.1 Å². The van der Waals surface area contributed by atoms with Crippen LogP contribution in [-0.4, -0.2) is 19.3 Å². The Morgan fingerprint density at radius 3 is 2.69 bits per heavy atom. The fourth-order valence-corrected chi connectivity index (χ4v) is 2.92. The molecule has 0 amide bonds. The molecule has 0 aromatic rings. The molecule has 3 N–H and O–H groups in total. The van der Waals surface area contributed by atoms with E-state index in [9.17, 15) is 0 Å². The first kappa shape index (κ1) is 13.9. The lowest BCUT2D eigenvalue weighted by Crippen LogP contribution is -2.47. The summed E-state index contributed by atoms with van der Waals surface area (Å²) in [5.74, 6) is 7.22. The number of hydrogen-bond acceptors (Lipinski definition) is 3. The Kier molecular flexibility index (Phi) is 7.01. The first-order valence-corrected chi connectivity index (χ1v) is 6.87. The van der Waals surface area contributed by atoms with Crippen LogP contribution in [0.2, 0.25) is 0 Å². The maximum atomic E-state index is 5.67. The molecule has 0 heterocycles. The zero-order chi connectivity index (χ0) is 11.8. The summed E-state index contributed by atoms with van der Waals surface area (Å²) < 4.78 is 5.64. The normalized spacial score (nSPS) is 27.9. The van der Waals surface area contributed by atoms with Crippen molar-refractivity contribution in [2.24, 2.45) is 17.7 Å². The first-order valence-electron chi connectivity index (χ1n) is 6.87. The molecule has 1 aliphatic rings. The lowest BCUT2D eigenvalue weighted by atomic mass is 9.74. The van der Waals surface area contributed by atoms with Gasteiger partial charge in [-0.1, -0.05) is 39.5 Å². The molecule has 0 aromatic heterocycles. The predicted molar refractivity (Wildman–Crippen MR) is 68.0 cm³/mol. The monoisotopic (exact) mass is 228 g/mol. The average Bonchev–Trinajstić information content (AvgIpc) is 2.35. The molecule has 1 saturated carbocycles. The lowest BCUT2D eigenvalue weighted by Gasteiger charge is -2.36. The van der Waals surface area contributed by atoms with E-state index in [-0.39, 0.29) is 0 Å². The summed E-state index contributed by atoms with van der Waals surface area (Å²) >= 11 is 0. The van der Waals surface area contributed by atoms with E-state index in [0.29, 0.717) is 12.0 Å². The minimum Gasteiger partial charge on any atom is -0.380 e. The molecule has 1 aliphatic carbocycles. The second-order valence-electron chi connectivity index (χ2n) is 4.96. The zero-order valence-electron chi connectivity index (χ0n) is 10.9. The fraction of sp³-hybridized carbons (Fsp3) is 1.00. The van der Waals surface area contributed by atoms with Gasteiger partial charge in [0, 0.05) is 12.6 Å². The fourth-order valence-electron chi connectivity index (χ4n) is 2.92. The van der Waals surface area contributed by atoms with E-state index in [2.05, 4.69) is 19.3 Å². The molecule has 0 aliphatic heterocycles. The average molecular weight is 228 g/mol. The van der Waals surface area contributed by atoms with Crippen LogP contribution in [0.4, 0.5) is 0 Å². The SMILES string of the molecule is CCCOCC(NN)C1CCCCC1CC. The summed E-state index contributed by atoms with van der Waals surface area (Å²) in [7, 11) is 0. The van der Waals surface area contributed by atoms with Crippen molar-refractivity contribution in [2.45, 2.75) is 58.4 Å². The standard InChI is InChI=1S/C13H28N2O/c1-3-9-16-10-13(15-14)12-8-6-5-7-11(12)4-2/h11-13,15H,3-10,14H2,1-2H3. The predicted octanol–water partition coefficient (Wildman–Crippen LogP) is 2.46. The first-order chi connectivity index (χ1) is 7.83. The summed E-state index contributed by atoms with van der Waals surface area (Å²) in [5.41, 5.74) is 2.97. The molecular weight excluding hydrogens is 200 g/mol. The van der Waals surface area contributed by atoms with Gasteiger partial charge in [-0.2, -0.15) is 0 Å². The van der Waals surface area contributed by atoms with E-state index in [1.54, 1.807) is 0 Å². The lowest BCUT2D eigenvalue weighted by molar-refractivity contribution is 0.0657. The summed E-state index contributed by atoms with van der Waals surface area (Å²) in [5, 5.41) is 0. The van der Waals surface area contributed by atoms with Gasteiger partial charge in [-0.05, 0) is 24.7 Å². The van der Waals surface area contributed by atoms with E-state index >= 15 is 0 Å². The highest BCUT2D eigenvalue weighted by Gasteiger charge is 2.30. The third-order valence-corrected chi connectivity index (χ3v) is 3.87. The smallest absolute Gasteiger partial charge is 0.0635 e. The van der Waals surface area contributed by atoms with Gasteiger partial charge in [-0.3, -0.25) is 11.3 Å². The van der Waals surface area contributed by atoms with Crippen LogP contribution in [0.1, 0.15) is 52.4 Å². The number of hydrazine groups is 1. The largest absolute Gasteiger partial charge is 0.380 e. The molecule has 0 saturated heterocycles. The van der Waals surface area contributed by atoms with Gasteiger partial charge in [0.05, 0.1) is 6.61 Å². The number of hydrogen-bond donors (Lipinski definition) is 2. The third kappa shape index (κ3) is 4.04.